The first-order valence-electron chi connectivity index (χ1n) is 10.8. The highest BCUT2D eigenvalue weighted by Gasteiger charge is 2.48. The van der Waals surface area contributed by atoms with Crippen LogP contribution in [0.4, 0.5) is 8.78 Å². The van der Waals surface area contributed by atoms with Crippen molar-refractivity contribution < 1.29 is 23.4 Å². The van der Waals surface area contributed by atoms with Gasteiger partial charge in [0.05, 0.1) is 18.8 Å². The van der Waals surface area contributed by atoms with Crippen LogP contribution in [0, 0.1) is 11.8 Å². The molecule has 3 rings (SSSR count). The van der Waals surface area contributed by atoms with Crippen molar-refractivity contribution in [3.8, 4) is 0 Å². The van der Waals surface area contributed by atoms with Crippen molar-refractivity contribution in [1.82, 2.24) is 0 Å². The lowest BCUT2D eigenvalue weighted by atomic mass is 9.75. The van der Waals surface area contributed by atoms with Gasteiger partial charge in [-0.15, -0.1) is 6.58 Å². The molecule has 158 valence electrons. The minimum absolute atomic E-state index is 0.111. The van der Waals surface area contributed by atoms with E-state index in [1.54, 1.807) is 6.08 Å². The summed E-state index contributed by atoms with van der Waals surface area (Å²) in [6.45, 7) is 6.80. The molecule has 28 heavy (non-hydrogen) atoms. The van der Waals surface area contributed by atoms with Gasteiger partial charge in [-0.3, -0.25) is 0 Å². The van der Waals surface area contributed by atoms with E-state index in [1.807, 2.05) is 13.0 Å². The number of rotatable bonds is 6. The Labute approximate surface area is 167 Å². The Kier molecular flexibility index (Phi) is 7.11. The molecule has 2 saturated carbocycles. The molecule has 3 fully saturated rings. The lowest BCUT2D eigenvalue weighted by molar-refractivity contribution is -0.197. The van der Waals surface area contributed by atoms with Gasteiger partial charge in [-0.05, 0) is 56.8 Å². The van der Waals surface area contributed by atoms with Gasteiger partial charge in [0.2, 0.25) is 0 Å². The normalized spacial score (nSPS) is 30.9. The van der Waals surface area contributed by atoms with Gasteiger partial charge in [0.25, 0.3) is 0 Å². The molecular weight excluding hydrogens is 362 g/mol. The van der Waals surface area contributed by atoms with Gasteiger partial charge in [0.15, 0.2) is 11.6 Å². The van der Waals surface area contributed by atoms with Crippen LogP contribution < -0.4 is 0 Å². The molecule has 1 heterocycles. The van der Waals surface area contributed by atoms with Crippen LogP contribution in [0.5, 0.6) is 0 Å². The van der Waals surface area contributed by atoms with Gasteiger partial charge in [-0.1, -0.05) is 19.1 Å². The largest absolute Gasteiger partial charge is 0.385 e. The highest BCUT2D eigenvalue weighted by molar-refractivity contribution is 5.36. The van der Waals surface area contributed by atoms with Crippen LogP contribution in [0.1, 0.15) is 71.1 Å². The fourth-order valence-electron chi connectivity index (χ4n) is 4.90. The summed E-state index contributed by atoms with van der Waals surface area (Å²) in [5, 5.41) is 11.2. The predicted molar refractivity (Wildman–Crippen MR) is 106 cm³/mol. The Morgan fingerprint density at radius 3 is 2.21 bits per heavy atom. The highest BCUT2D eigenvalue weighted by Crippen LogP contribution is 2.46. The summed E-state index contributed by atoms with van der Waals surface area (Å²) in [7, 11) is 0. The van der Waals surface area contributed by atoms with Gasteiger partial charge in [0.1, 0.15) is 5.83 Å². The average Bonchev–Trinajstić information content (AvgIpc) is 3.17. The molecule has 2 aliphatic carbocycles. The monoisotopic (exact) mass is 396 g/mol. The molecule has 0 aromatic heterocycles. The molecule has 1 aliphatic heterocycles. The van der Waals surface area contributed by atoms with Crippen molar-refractivity contribution in [2.75, 3.05) is 13.2 Å². The average molecular weight is 397 g/mol. The summed E-state index contributed by atoms with van der Waals surface area (Å²) in [5.41, 5.74) is -1.25. The van der Waals surface area contributed by atoms with Crippen LogP contribution in [0.15, 0.2) is 36.0 Å². The zero-order valence-corrected chi connectivity index (χ0v) is 17.0. The van der Waals surface area contributed by atoms with Crippen LogP contribution in [0.25, 0.3) is 0 Å². The summed E-state index contributed by atoms with van der Waals surface area (Å²) in [6.07, 6.45) is 9.64. The maximum absolute atomic E-state index is 15.1. The van der Waals surface area contributed by atoms with Crippen LogP contribution in [0.2, 0.25) is 0 Å². The third kappa shape index (κ3) is 4.74. The third-order valence-corrected chi connectivity index (χ3v) is 6.73. The van der Waals surface area contributed by atoms with E-state index >= 15 is 4.39 Å². The molecule has 0 aromatic rings. The van der Waals surface area contributed by atoms with E-state index in [4.69, 9.17) is 9.47 Å². The predicted octanol–water partition coefficient (Wildman–Crippen LogP) is 5.90. The minimum Gasteiger partial charge on any atom is -0.385 e. The topological polar surface area (TPSA) is 38.7 Å². The molecule has 1 saturated heterocycles. The SMILES string of the molecule is C=CC1CCC(C/C(F)=C(F)\C(=C/CC)C2(O)CCC3(CC2)OCCO3)CC1. The molecule has 0 unspecified atom stereocenters. The van der Waals surface area contributed by atoms with E-state index in [-0.39, 0.29) is 17.9 Å². The van der Waals surface area contributed by atoms with Crippen LogP contribution in [0.3, 0.4) is 0 Å². The van der Waals surface area contributed by atoms with Gasteiger partial charge in [0, 0.05) is 24.8 Å². The molecule has 0 radical (unpaired) electrons. The van der Waals surface area contributed by atoms with Crippen molar-refractivity contribution >= 4 is 0 Å². The van der Waals surface area contributed by atoms with Gasteiger partial charge >= 0.3 is 0 Å². The second-order valence-electron chi connectivity index (χ2n) is 8.60. The molecule has 0 amide bonds. The minimum atomic E-state index is -1.36. The first kappa shape index (κ1) is 21.7. The standard InChI is InChI=1S/C23H34F2O3/c1-3-5-19(22(26)10-12-23(13-11-22)27-14-15-28-23)21(25)20(24)16-18-8-6-17(4-2)7-9-18/h4-5,17-18,26H,2-3,6-16H2,1H3/b19-5+,21-20-. The summed E-state index contributed by atoms with van der Waals surface area (Å²) >= 11 is 0. The van der Waals surface area contributed by atoms with E-state index in [1.165, 1.54) is 0 Å². The van der Waals surface area contributed by atoms with E-state index in [0.29, 0.717) is 51.2 Å². The summed E-state index contributed by atoms with van der Waals surface area (Å²) in [6, 6.07) is 0. The first-order valence-corrected chi connectivity index (χ1v) is 10.8. The second-order valence-corrected chi connectivity index (χ2v) is 8.60. The molecular formula is C23H34F2O3. The summed E-state index contributed by atoms with van der Waals surface area (Å²) in [4.78, 5) is 0. The van der Waals surface area contributed by atoms with Gasteiger partial charge < -0.3 is 14.6 Å². The molecule has 3 aliphatic rings. The van der Waals surface area contributed by atoms with Crippen LogP contribution in [-0.2, 0) is 9.47 Å². The molecule has 3 nitrogen and oxygen atoms in total. The Hall–Kier alpha value is -1.04. The van der Waals surface area contributed by atoms with Gasteiger partial charge in [-0.2, -0.15) is 0 Å². The number of allylic oxidation sites excluding steroid dienone is 3. The fraction of sp³-hybridized carbons (Fsp3) is 0.739. The lowest BCUT2D eigenvalue weighted by Gasteiger charge is -2.41. The van der Waals surface area contributed by atoms with Crippen LogP contribution >= 0.6 is 0 Å². The zero-order chi connectivity index (χ0) is 20.2. The molecule has 0 bridgehead atoms. The van der Waals surface area contributed by atoms with Crippen LogP contribution in [-0.4, -0.2) is 29.7 Å². The van der Waals surface area contributed by atoms with Crippen molar-refractivity contribution in [3.63, 3.8) is 0 Å². The lowest BCUT2D eigenvalue weighted by Crippen LogP contribution is -2.45. The van der Waals surface area contributed by atoms with E-state index in [0.717, 1.165) is 25.7 Å². The molecule has 1 spiro atoms. The maximum atomic E-state index is 15.1. The van der Waals surface area contributed by atoms with Crippen molar-refractivity contribution in [1.29, 1.82) is 0 Å². The molecule has 0 aromatic carbocycles. The number of halogens is 2. The zero-order valence-electron chi connectivity index (χ0n) is 17.0. The molecule has 5 heteroatoms. The summed E-state index contributed by atoms with van der Waals surface area (Å²) < 4.78 is 41.4. The number of ether oxygens (including phenoxy) is 2. The van der Waals surface area contributed by atoms with Crippen molar-refractivity contribution in [2.24, 2.45) is 11.8 Å². The Morgan fingerprint density at radius 2 is 1.68 bits per heavy atom. The Balaban J connectivity index is 1.69. The number of hydrogen-bond donors (Lipinski definition) is 1. The highest BCUT2D eigenvalue weighted by atomic mass is 19.2. The quantitative estimate of drug-likeness (QED) is 0.448. The Bertz CT molecular complexity index is 601. The molecule has 0 atom stereocenters. The van der Waals surface area contributed by atoms with E-state index in [2.05, 4.69) is 6.58 Å². The Morgan fingerprint density at radius 1 is 1.07 bits per heavy atom. The summed E-state index contributed by atoms with van der Waals surface area (Å²) in [5.74, 6) is -1.57. The van der Waals surface area contributed by atoms with E-state index in [9.17, 15) is 9.50 Å². The second kappa shape index (κ2) is 9.19. The molecule has 1 N–H and O–H groups in total. The number of hydrogen-bond acceptors (Lipinski definition) is 3. The first-order chi connectivity index (χ1) is 13.4. The van der Waals surface area contributed by atoms with Crippen molar-refractivity contribution in [3.05, 3.63) is 36.0 Å². The maximum Gasteiger partial charge on any atom is 0.168 e. The number of aliphatic hydroxyl groups is 1. The van der Waals surface area contributed by atoms with E-state index < -0.39 is 23.0 Å². The van der Waals surface area contributed by atoms with Gasteiger partial charge in [-0.25, -0.2) is 8.78 Å². The third-order valence-electron chi connectivity index (χ3n) is 6.73. The fourth-order valence-corrected chi connectivity index (χ4v) is 4.90. The smallest absolute Gasteiger partial charge is 0.168 e. The van der Waals surface area contributed by atoms with Crippen molar-refractivity contribution in [2.45, 2.75) is 82.5 Å².